The molecule has 1 aromatic carbocycles. The number of benzene rings is 1. The molecule has 0 unspecified atom stereocenters. The van der Waals surface area contributed by atoms with Crippen molar-refractivity contribution in [1.29, 1.82) is 0 Å². The predicted molar refractivity (Wildman–Crippen MR) is 79.2 cm³/mol. The van der Waals surface area contributed by atoms with Crippen LogP contribution in [0.5, 0.6) is 0 Å². The van der Waals surface area contributed by atoms with Crippen molar-refractivity contribution < 1.29 is 9.18 Å². The average Bonchev–Trinajstić information content (AvgIpc) is 2.44. The summed E-state index contributed by atoms with van der Waals surface area (Å²) in [5.41, 5.74) is 5.36. The summed E-state index contributed by atoms with van der Waals surface area (Å²) in [7, 11) is 0. The Balaban J connectivity index is 2.15. The standard InChI is InChI=1S/C15H20ClFN2O/c1-10-4-6-15(9-18,7-5-10)14(20)19-13-8-11(16)2-3-12(13)17/h2-3,8,10H,4-7,9,18H2,1H3,(H,19,20). The molecule has 0 bridgehead atoms. The van der Waals surface area contributed by atoms with Gasteiger partial charge in [0.05, 0.1) is 11.1 Å². The van der Waals surface area contributed by atoms with E-state index >= 15 is 0 Å². The van der Waals surface area contributed by atoms with Gasteiger partial charge in [0, 0.05) is 11.6 Å². The highest BCUT2D eigenvalue weighted by Gasteiger charge is 2.40. The first-order valence-corrected chi connectivity index (χ1v) is 7.31. The Labute approximate surface area is 123 Å². The number of hydrogen-bond acceptors (Lipinski definition) is 2. The van der Waals surface area contributed by atoms with E-state index in [4.69, 9.17) is 17.3 Å². The van der Waals surface area contributed by atoms with E-state index in [1.165, 1.54) is 18.2 Å². The lowest BCUT2D eigenvalue weighted by molar-refractivity contribution is -0.127. The van der Waals surface area contributed by atoms with E-state index in [2.05, 4.69) is 12.2 Å². The third-order valence-corrected chi connectivity index (χ3v) is 4.52. The molecule has 1 amide bonds. The van der Waals surface area contributed by atoms with Crippen molar-refractivity contribution in [2.75, 3.05) is 11.9 Å². The molecule has 1 aliphatic rings. The summed E-state index contributed by atoms with van der Waals surface area (Å²) < 4.78 is 13.7. The maximum Gasteiger partial charge on any atom is 0.231 e. The first-order chi connectivity index (χ1) is 9.47. The van der Waals surface area contributed by atoms with Crippen LogP contribution in [0.15, 0.2) is 18.2 Å². The van der Waals surface area contributed by atoms with Crippen LogP contribution in [0.3, 0.4) is 0 Å². The summed E-state index contributed by atoms with van der Waals surface area (Å²) in [5.74, 6) is -0.0717. The van der Waals surface area contributed by atoms with Gasteiger partial charge >= 0.3 is 0 Å². The molecule has 0 heterocycles. The molecular formula is C15H20ClFN2O. The van der Waals surface area contributed by atoms with Gasteiger partial charge in [-0.2, -0.15) is 0 Å². The molecular weight excluding hydrogens is 279 g/mol. The first-order valence-electron chi connectivity index (χ1n) is 6.93. The summed E-state index contributed by atoms with van der Waals surface area (Å²) in [6.45, 7) is 2.46. The quantitative estimate of drug-likeness (QED) is 0.896. The number of hydrogen-bond donors (Lipinski definition) is 2. The molecule has 2 rings (SSSR count). The fraction of sp³-hybridized carbons (Fsp3) is 0.533. The molecule has 20 heavy (non-hydrogen) atoms. The van der Waals surface area contributed by atoms with Crippen LogP contribution in [0.1, 0.15) is 32.6 Å². The van der Waals surface area contributed by atoms with E-state index in [9.17, 15) is 9.18 Å². The van der Waals surface area contributed by atoms with Gasteiger partial charge in [-0.15, -0.1) is 0 Å². The van der Waals surface area contributed by atoms with E-state index < -0.39 is 11.2 Å². The zero-order valence-corrected chi connectivity index (χ0v) is 12.3. The van der Waals surface area contributed by atoms with Crippen LogP contribution in [-0.2, 0) is 4.79 Å². The molecule has 3 nitrogen and oxygen atoms in total. The normalized spacial score (nSPS) is 26.3. The lowest BCUT2D eigenvalue weighted by Crippen LogP contribution is -2.45. The summed E-state index contributed by atoms with van der Waals surface area (Å²) in [6.07, 6.45) is 3.45. The van der Waals surface area contributed by atoms with Crippen molar-refractivity contribution in [2.45, 2.75) is 32.6 Å². The maximum absolute atomic E-state index is 13.7. The van der Waals surface area contributed by atoms with Crippen molar-refractivity contribution in [3.8, 4) is 0 Å². The Morgan fingerprint density at radius 1 is 1.50 bits per heavy atom. The zero-order valence-electron chi connectivity index (χ0n) is 11.6. The van der Waals surface area contributed by atoms with Crippen LogP contribution in [-0.4, -0.2) is 12.5 Å². The third kappa shape index (κ3) is 3.13. The molecule has 110 valence electrons. The maximum atomic E-state index is 13.7. The van der Waals surface area contributed by atoms with Crippen molar-refractivity contribution >= 4 is 23.2 Å². The Morgan fingerprint density at radius 2 is 2.15 bits per heavy atom. The molecule has 1 aromatic rings. The van der Waals surface area contributed by atoms with Crippen LogP contribution < -0.4 is 11.1 Å². The third-order valence-electron chi connectivity index (χ3n) is 4.28. The molecule has 5 heteroatoms. The minimum absolute atomic E-state index is 0.119. The van der Waals surface area contributed by atoms with Crippen LogP contribution in [0.4, 0.5) is 10.1 Å². The summed E-state index contributed by atoms with van der Waals surface area (Å²) in [5, 5.41) is 3.04. The van der Waals surface area contributed by atoms with Gasteiger partial charge in [0.2, 0.25) is 5.91 Å². The smallest absolute Gasteiger partial charge is 0.231 e. The molecule has 3 N–H and O–H groups in total. The second-order valence-electron chi connectivity index (χ2n) is 5.75. The molecule has 1 fully saturated rings. The first kappa shape index (κ1) is 15.3. The van der Waals surface area contributed by atoms with E-state index in [0.29, 0.717) is 10.9 Å². The van der Waals surface area contributed by atoms with Gasteiger partial charge in [0.25, 0.3) is 0 Å². The highest BCUT2D eigenvalue weighted by atomic mass is 35.5. The SMILES string of the molecule is CC1CCC(CN)(C(=O)Nc2cc(Cl)ccc2F)CC1. The molecule has 1 aliphatic carbocycles. The number of nitrogens with two attached hydrogens (primary N) is 1. The zero-order chi connectivity index (χ0) is 14.8. The monoisotopic (exact) mass is 298 g/mol. The molecule has 0 saturated heterocycles. The van der Waals surface area contributed by atoms with Gasteiger partial charge in [-0.1, -0.05) is 18.5 Å². The van der Waals surface area contributed by atoms with E-state index in [0.717, 1.165) is 25.7 Å². The Bertz CT molecular complexity index is 499. The average molecular weight is 299 g/mol. The largest absolute Gasteiger partial charge is 0.329 e. The Kier molecular flexibility index (Phi) is 4.66. The molecule has 0 radical (unpaired) electrons. The van der Waals surface area contributed by atoms with Gasteiger partial charge in [-0.3, -0.25) is 4.79 Å². The number of anilines is 1. The second-order valence-corrected chi connectivity index (χ2v) is 6.18. The van der Waals surface area contributed by atoms with Crippen molar-refractivity contribution in [2.24, 2.45) is 17.1 Å². The number of carbonyl (C=O) groups is 1. The van der Waals surface area contributed by atoms with Crippen molar-refractivity contribution in [3.05, 3.63) is 29.0 Å². The summed E-state index contributed by atoms with van der Waals surface area (Å²) in [6, 6.07) is 4.12. The second kappa shape index (κ2) is 6.10. The Hall–Kier alpha value is -1.13. The highest BCUT2D eigenvalue weighted by Crippen LogP contribution is 2.39. The number of rotatable bonds is 3. The lowest BCUT2D eigenvalue weighted by atomic mass is 9.70. The number of halogens is 2. The fourth-order valence-corrected chi connectivity index (χ4v) is 2.86. The van der Waals surface area contributed by atoms with Crippen molar-refractivity contribution in [1.82, 2.24) is 0 Å². The van der Waals surface area contributed by atoms with Gasteiger partial charge in [0.15, 0.2) is 0 Å². The topological polar surface area (TPSA) is 55.1 Å². The molecule has 0 spiro atoms. The predicted octanol–water partition coefficient (Wildman–Crippen LogP) is 3.57. The fourth-order valence-electron chi connectivity index (χ4n) is 2.69. The van der Waals surface area contributed by atoms with Crippen LogP contribution in [0.25, 0.3) is 0 Å². The highest BCUT2D eigenvalue weighted by molar-refractivity contribution is 6.30. The van der Waals surface area contributed by atoms with E-state index in [-0.39, 0.29) is 18.1 Å². The van der Waals surface area contributed by atoms with Gasteiger partial charge in [-0.05, 0) is 49.8 Å². The lowest BCUT2D eigenvalue weighted by Gasteiger charge is -2.37. The minimum Gasteiger partial charge on any atom is -0.329 e. The Morgan fingerprint density at radius 3 is 2.75 bits per heavy atom. The van der Waals surface area contributed by atoms with E-state index in [1.807, 2.05) is 0 Å². The van der Waals surface area contributed by atoms with Crippen molar-refractivity contribution in [3.63, 3.8) is 0 Å². The molecule has 1 saturated carbocycles. The summed E-state index contributed by atoms with van der Waals surface area (Å²) >= 11 is 5.83. The van der Waals surface area contributed by atoms with Gasteiger partial charge in [-0.25, -0.2) is 4.39 Å². The van der Waals surface area contributed by atoms with Gasteiger partial charge < -0.3 is 11.1 Å². The molecule has 0 aliphatic heterocycles. The number of carbonyl (C=O) groups excluding carboxylic acids is 1. The van der Waals surface area contributed by atoms with Crippen LogP contribution >= 0.6 is 11.6 Å². The van der Waals surface area contributed by atoms with E-state index in [1.54, 1.807) is 0 Å². The number of amides is 1. The van der Waals surface area contributed by atoms with Crippen LogP contribution in [0.2, 0.25) is 5.02 Å². The van der Waals surface area contributed by atoms with Crippen LogP contribution in [0, 0.1) is 17.2 Å². The summed E-state index contributed by atoms with van der Waals surface area (Å²) in [4.78, 5) is 12.5. The minimum atomic E-state index is -0.582. The number of nitrogens with one attached hydrogen (secondary N) is 1. The van der Waals surface area contributed by atoms with Gasteiger partial charge in [0.1, 0.15) is 5.82 Å². The molecule has 0 aromatic heterocycles. The molecule has 0 atom stereocenters.